The van der Waals surface area contributed by atoms with Gasteiger partial charge in [-0.3, -0.25) is 4.79 Å². The quantitative estimate of drug-likeness (QED) is 0.633. The maximum absolute atomic E-state index is 13.1. The fourth-order valence-corrected chi connectivity index (χ4v) is 2.61. The molecule has 0 radical (unpaired) electrons. The molecule has 3 N–H and O–H groups in total. The Morgan fingerprint density at radius 3 is 2.23 bits per heavy atom. The molecule has 0 fully saturated rings. The summed E-state index contributed by atoms with van der Waals surface area (Å²) in [5, 5.41) is 14.6. The highest BCUT2D eigenvalue weighted by Gasteiger charge is 2.53. The van der Waals surface area contributed by atoms with Crippen molar-refractivity contribution in [1.29, 1.82) is 0 Å². The highest BCUT2D eigenvalue weighted by molar-refractivity contribution is 6.00. The van der Waals surface area contributed by atoms with Gasteiger partial charge in [0, 0.05) is 16.8 Å². The predicted molar refractivity (Wildman–Crippen MR) is 85.4 cm³/mol. The Hall–Kier alpha value is -2.94. The standard InChI is InChI=1S/C17H13F4N3O2/c18-12-5-3-11(4-6-12)16(26)9-14(17(19,20)21)23-24(16)15(25)10-1-7-13(22)8-2-10/h1-8,26H,9,22H2. The lowest BCUT2D eigenvalue weighted by Gasteiger charge is -2.31. The smallest absolute Gasteiger partial charge is 0.399 e. The molecule has 0 saturated carbocycles. The largest absolute Gasteiger partial charge is 0.431 e. The minimum atomic E-state index is -4.83. The third-order valence-electron chi connectivity index (χ3n) is 3.97. The zero-order valence-electron chi connectivity index (χ0n) is 13.2. The number of rotatable bonds is 2. The molecule has 1 heterocycles. The molecule has 1 atom stereocenters. The lowest BCUT2D eigenvalue weighted by molar-refractivity contribution is -0.0816. The van der Waals surface area contributed by atoms with Crippen LogP contribution < -0.4 is 5.73 Å². The summed E-state index contributed by atoms with van der Waals surface area (Å²) in [6, 6.07) is 9.58. The number of halogens is 4. The zero-order chi connectivity index (χ0) is 19.1. The van der Waals surface area contributed by atoms with Crippen molar-refractivity contribution in [3.63, 3.8) is 0 Å². The van der Waals surface area contributed by atoms with Gasteiger partial charge in [0.15, 0.2) is 5.72 Å². The fraction of sp³-hybridized carbons (Fsp3) is 0.176. The summed E-state index contributed by atoms with van der Waals surface area (Å²) in [4.78, 5) is 12.7. The molecule has 26 heavy (non-hydrogen) atoms. The van der Waals surface area contributed by atoms with Gasteiger partial charge in [0.25, 0.3) is 5.91 Å². The Kier molecular flexibility index (Phi) is 4.19. The van der Waals surface area contributed by atoms with Crippen LogP contribution in [0.4, 0.5) is 23.2 Å². The molecule has 1 unspecified atom stereocenters. The van der Waals surface area contributed by atoms with Crippen LogP contribution in [0.25, 0.3) is 0 Å². The summed E-state index contributed by atoms with van der Waals surface area (Å²) in [5.41, 5.74) is 2.09. The molecule has 2 aromatic rings. The first-order valence-electron chi connectivity index (χ1n) is 7.44. The van der Waals surface area contributed by atoms with Gasteiger partial charge in [0.2, 0.25) is 0 Å². The number of hydrazone groups is 1. The monoisotopic (exact) mass is 367 g/mol. The first-order chi connectivity index (χ1) is 12.1. The average Bonchev–Trinajstić information content (AvgIpc) is 2.94. The van der Waals surface area contributed by atoms with Crippen molar-refractivity contribution in [2.45, 2.75) is 18.3 Å². The molecule has 0 saturated heterocycles. The summed E-state index contributed by atoms with van der Waals surface area (Å²) in [6.07, 6.45) is -5.80. The maximum Gasteiger partial charge on any atom is 0.431 e. The summed E-state index contributed by atoms with van der Waals surface area (Å²) < 4.78 is 52.5. The van der Waals surface area contributed by atoms with Gasteiger partial charge in [0.1, 0.15) is 11.5 Å². The second kappa shape index (κ2) is 6.10. The number of nitrogen functional groups attached to an aromatic ring is 1. The minimum Gasteiger partial charge on any atom is -0.399 e. The minimum absolute atomic E-state index is 0.00749. The van der Waals surface area contributed by atoms with Gasteiger partial charge in [-0.05, 0) is 36.4 Å². The van der Waals surface area contributed by atoms with Crippen LogP contribution in [0.5, 0.6) is 0 Å². The molecule has 5 nitrogen and oxygen atoms in total. The summed E-state index contributed by atoms with van der Waals surface area (Å²) in [7, 11) is 0. The van der Waals surface area contributed by atoms with Gasteiger partial charge in [-0.1, -0.05) is 12.1 Å². The average molecular weight is 367 g/mol. The Morgan fingerprint density at radius 1 is 1.12 bits per heavy atom. The van der Waals surface area contributed by atoms with Crippen molar-refractivity contribution in [1.82, 2.24) is 5.01 Å². The second-order valence-corrected chi connectivity index (χ2v) is 5.78. The van der Waals surface area contributed by atoms with Gasteiger partial charge in [-0.2, -0.15) is 23.3 Å². The molecule has 1 aliphatic heterocycles. The fourth-order valence-electron chi connectivity index (χ4n) is 2.61. The van der Waals surface area contributed by atoms with Crippen molar-refractivity contribution in [3.05, 3.63) is 65.5 Å². The normalized spacial score (nSPS) is 20.2. The van der Waals surface area contributed by atoms with E-state index in [1.807, 2.05) is 0 Å². The number of carbonyl (C=O) groups excluding carboxylic acids is 1. The number of aliphatic hydroxyl groups is 1. The van der Waals surface area contributed by atoms with Gasteiger partial charge in [-0.25, -0.2) is 4.39 Å². The number of alkyl halides is 3. The molecule has 0 spiro atoms. The summed E-state index contributed by atoms with van der Waals surface area (Å²) >= 11 is 0. The van der Waals surface area contributed by atoms with Gasteiger partial charge in [-0.15, -0.1) is 0 Å². The van der Waals surface area contributed by atoms with Crippen LogP contribution in [0, 0.1) is 5.82 Å². The third-order valence-corrected chi connectivity index (χ3v) is 3.97. The number of carbonyl (C=O) groups is 1. The lowest BCUT2D eigenvalue weighted by Crippen LogP contribution is -2.43. The Labute approximate surface area is 145 Å². The van der Waals surface area contributed by atoms with Crippen molar-refractivity contribution in [2.75, 3.05) is 5.73 Å². The van der Waals surface area contributed by atoms with E-state index in [-0.39, 0.29) is 11.1 Å². The van der Waals surface area contributed by atoms with E-state index in [0.717, 1.165) is 24.3 Å². The molecule has 0 aromatic heterocycles. The molecule has 136 valence electrons. The molecule has 1 amide bonds. The number of benzene rings is 2. The third kappa shape index (κ3) is 3.13. The van der Waals surface area contributed by atoms with E-state index in [1.165, 1.54) is 24.3 Å². The van der Waals surface area contributed by atoms with Gasteiger partial charge in [0.05, 0.1) is 6.42 Å². The van der Waals surface area contributed by atoms with E-state index in [0.29, 0.717) is 10.7 Å². The van der Waals surface area contributed by atoms with Crippen LogP contribution in [0.2, 0.25) is 0 Å². The SMILES string of the molecule is Nc1ccc(C(=O)N2N=C(C(F)(F)F)CC2(O)c2ccc(F)cc2)cc1. The molecular formula is C17H13F4N3O2. The second-order valence-electron chi connectivity index (χ2n) is 5.78. The van der Waals surface area contributed by atoms with E-state index in [1.54, 1.807) is 0 Å². The van der Waals surface area contributed by atoms with E-state index in [2.05, 4.69) is 5.10 Å². The number of hydrogen-bond acceptors (Lipinski definition) is 4. The molecule has 0 bridgehead atoms. The van der Waals surface area contributed by atoms with Crippen LogP contribution in [-0.2, 0) is 5.72 Å². The van der Waals surface area contributed by atoms with E-state index >= 15 is 0 Å². The maximum atomic E-state index is 13.1. The summed E-state index contributed by atoms with van der Waals surface area (Å²) in [6.45, 7) is 0. The van der Waals surface area contributed by atoms with Crippen molar-refractivity contribution >= 4 is 17.3 Å². The van der Waals surface area contributed by atoms with E-state index in [4.69, 9.17) is 5.73 Å². The Balaban J connectivity index is 2.06. The number of anilines is 1. The zero-order valence-corrected chi connectivity index (χ0v) is 13.2. The molecule has 2 aromatic carbocycles. The molecule has 9 heteroatoms. The van der Waals surface area contributed by atoms with Crippen LogP contribution in [0.3, 0.4) is 0 Å². The van der Waals surface area contributed by atoms with Crippen LogP contribution in [0.15, 0.2) is 53.6 Å². The van der Waals surface area contributed by atoms with Crippen LogP contribution >= 0.6 is 0 Å². The predicted octanol–water partition coefficient (Wildman–Crippen LogP) is 3.02. The van der Waals surface area contributed by atoms with Crippen molar-refractivity contribution in [2.24, 2.45) is 5.10 Å². The van der Waals surface area contributed by atoms with Gasteiger partial charge < -0.3 is 10.8 Å². The van der Waals surface area contributed by atoms with E-state index in [9.17, 15) is 27.5 Å². The van der Waals surface area contributed by atoms with Crippen molar-refractivity contribution < 1.29 is 27.5 Å². The number of nitrogens with two attached hydrogens (primary N) is 1. The molecule has 0 aliphatic carbocycles. The van der Waals surface area contributed by atoms with Gasteiger partial charge >= 0.3 is 6.18 Å². The molecule has 3 rings (SSSR count). The van der Waals surface area contributed by atoms with Crippen molar-refractivity contribution in [3.8, 4) is 0 Å². The number of hydrogen-bond donors (Lipinski definition) is 2. The Bertz CT molecular complexity index is 863. The molecule has 1 aliphatic rings. The van der Waals surface area contributed by atoms with Crippen LogP contribution in [0.1, 0.15) is 22.3 Å². The first kappa shape index (κ1) is 17.9. The summed E-state index contributed by atoms with van der Waals surface area (Å²) in [5.74, 6) is -1.58. The highest BCUT2D eigenvalue weighted by Crippen LogP contribution is 2.40. The topological polar surface area (TPSA) is 78.9 Å². The van der Waals surface area contributed by atoms with Crippen LogP contribution in [-0.4, -0.2) is 27.9 Å². The number of amides is 1. The lowest BCUT2D eigenvalue weighted by atomic mass is 9.96. The molecular weight excluding hydrogens is 354 g/mol. The van der Waals surface area contributed by atoms with E-state index < -0.39 is 35.8 Å². The first-order valence-corrected chi connectivity index (χ1v) is 7.44. The highest BCUT2D eigenvalue weighted by atomic mass is 19.4. The number of nitrogens with zero attached hydrogens (tertiary/aromatic N) is 2. The Morgan fingerprint density at radius 2 is 1.69 bits per heavy atom.